The lowest BCUT2D eigenvalue weighted by molar-refractivity contribution is -0.172. The van der Waals surface area contributed by atoms with Gasteiger partial charge in [-0.3, -0.25) is 4.79 Å². The van der Waals surface area contributed by atoms with Crippen LogP contribution in [-0.4, -0.2) is 20.6 Å². The van der Waals surface area contributed by atoms with Crippen LogP contribution >= 0.6 is 12.4 Å². The molecule has 33 heavy (non-hydrogen) atoms. The third-order valence-corrected chi connectivity index (χ3v) is 7.42. The number of esters is 1. The van der Waals surface area contributed by atoms with E-state index >= 15 is 0 Å². The summed E-state index contributed by atoms with van der Waals surface area (Å²) in [5.74, 6) is -1.08. The Hall–Kier alpha value is -2.81. The lowest BCUT2D eigenvalue weighted by Crippen LogP contribution is -2.44. The van der Waals surface area contributed by atoms with Gasteiger partial charge in [0.2, 0.25) is 0 Å². The molecule has 1 aromatic carbocycles. The summed E-state index contributed by atoms with van der Waals surface area (Å²) in [6, 6.07) is 2.84. The van der Waals surface area contributed by atoms with E-state index in [1.807, 2.05) is 0 Å². The summed E-state index contributed by atoms with van der Waals surface area (Å²) in [5, 5.41) is 11.9. The zero-order valence-electron chi connectivity index (χ0n) is 18.2. The van der Waals surface area contributed by atoms with Crippen molar-refractivity contribution in [3.05, 3.63) is 61.7 Å². The van der Waals surface area contributed by atoms with Crippen LogP contribution in [0.4, 0.5) is 4.39 Å². The highest BCUT2D eigenvalue weighted by molar-refractivity contribution is 5.93. The van der Waals surface area contributed by atoms with E-state index in [9.17, 15) is 19.1 Å². The predicted molar refractivity (Wildman–Crippen MR) is 122 cm³/mol. The summed E-state index contributed by atoms with van der Waals surface area (Å²) in [6.45, 7) is 3.55. The van der Waals surface area contributed by atoms with E-state index in [0.29, 0.717) is 35.3 Å². The van der Waals surface area contributed by atoms with Gasteiger partial charge < -0.3 is 20.1 Å². The number of aliphatic hydroxyl groups is 1. The molecule has 1 aliphatic carbocycles. The topological polar surface area (TPSA) is 107 Å². The first-order valence-electron chi connectivity index (χ1n) is 10.8. The minimum atomic E-state index is -1.89. The number of hydrogen-bond acceptors (Lipinski definition) is 6. The molecular weight excluding hydrogens is 449 g/mol. The van der Waals surface area contributed by atoms with Crippen molar-refractivity contribution < 1.29 is 19.0 Å². The summed E-state index contributed by atoms with van der Waals surface area (Å²) in [7, 11) is 0. The molecule has 2 atom stereocenters. The Balaban J connectivity index is 0.00000228. The van der Waals surface area contributed by atoms with Crippen molar-refractivity contribution in [2.45, 2.75) is 57.9 Å². The number of aromatic nitrogens is 2. The lowest BCUT2D eigenvalue weighted by Gasteiger charge is -2.31. The molecule has 0 spiro atoms. The molecule has 3 aliphatic rings. The average Bonchev–Trinajstić information content (AvgIpc) is 3.14. The van der Waals surface area contributed by atoms with E-state index < -0.39 is 11.6 Å². The van der Waals surface area contributed by atoms with E-state index in [1.165, 1.54) is 6.07 Å². The van der Waals surface area contributed by atoms with Crippen LogP contribution in [-0.2, 0) is 34.7 Å². The number of carbonyl (C=O) groups is 1. The molecule has 7 nitrogen and oxygen atoms in total. The summed E-state index contributed by atoms with van der Waals surface area (Å²) in [5.41, 5.74) is 9.72. The quantitative estimate of drug-likeness (QED) is 0.413. The fourth-order valence-corrected chi connectivity index (χ4v) is 5.59. The minimum absolute atomic E-state index is 0. The van der Waals surface area contributed by atoms with Crippen molar-refractivity contribution >= 4 is 29.3 Å². The van der Waals surface area contributed by atoms with Crippen molar-refractivity contribution in [2.24, 2.45) is 5.73 Å². The number of nitrogens with zero attached hydrogens (tertiary/aromatic N) is 2. The van der Waals surface area contributed by atoms with Gasteiger partial charge >= 0.3 is 5.97 Å². The number of fused-ring (bicyclic) bond motifs is 5. The van der Waals surface area contributed by atoms with Gasteiger partial charge in [0.15, 0.2) is 5.60 Å². The Kier molecular flexibility index (Phi) is 4.73. The summed E-state index contributed by atoms with van der Waals surface area (Å²) in [4.78, 5) is 30.5. The number of ether oxygens (including phenoxy) is 1. The van der Waals surface area contributed by atoms with Gasteiger partial charge in [-0.25, -0.2) is 14.2 Å². The van der Waals surface area contributed by atoms with Crippen molar-refractivity contribution in [1.29, 1.82) is 0 Å². The number of carbonyl (C=O) groups excluding carboxylic acids is 1. The van der Waals surface area contributed by atoms with E-state index in [2.05, 4.69) is 0 Å². The van der Waals surface area contributed by atoms with Gasteiger partial charge in [-0.1, -0.05) is 6.92 Å². The summed E-state index contributed by atoms with van der Waals surface area (Å²) in [6.07, 6.45) is 1.44. The van der Waals surface area contributed by atoms with Crippen molar-refractivity contribution in [3.63, 3.8) is 0 Å². The predicted octanol–water partition coefficient (Wildman–Crippen LogP) is 2.89. The summed E-state index contributed by atoms with van der Waals surface area (Å²) >= 11 is 0. The number of rotatable bonds is 1. The second kappa shape index (κ2) is 7.09. The van der Waals surface area contributed by atoms with Crippen LogP contribution in [0.25, 0.3) is 22.3 Å². The van der Waals surface area contributed by atoms with Crippen LogP contribution in [0.5, 0.6) is 0 Å². The van der Waals surface area contributed by atoms with Crippen molar-refractivity contribution in [2.75, 3.05) is 0 Å². The van der Waals surface area contributed by atoms with Gasteiger partial charge in [0.1, 0.15) is 12.4 Å². The Bertz CT molecular complexity index is 1450. The van der Waals surface area contributed by atoms with Gasteiger partial charge in [-0.2, -0.15) is 0 Å². The molecule has 9 heteroatoms. The number of hydrogen-bond donors (Lipinski definition) is 2. The minimum Gasteiger partial charge on any atom is -0.458 e. The molecule has 0 saturated heterocycles. The van der Waals surface area contributed by atoms with Gasteiger partial charge in [0.25, 0.3) is 5.56 Å². The number of pyridine rings is 2. The monoisotopic (exact) mass is 471 g/mol. The SMILES string of the molecule is CC[C@@]1(O)C(=O)OCc2c1cc1n(c2=O)Cc2c-1nc1cc(F)c(C)c3c1c2C(N)CC3.Cl. The Morgan fingerprint density at radius 2 is 2.06 bits per heavy atom. The van der Waals surface area contributed by atoms with Crippen LogP contribution in [0, 0.1) is 12.7 Å². The molecule has 4 heterocycles. The zero-order chi connectivity index (χ0) is 22.5. The molecule has 3 N–H and O–H groups in total. The molecule has 2 aliphatic heterocycles. The second-order valence-corrected chi connectivity index (χ2v) is 8.96. The van der Waals surface area contributed by atoms with E-state index in [1.54, 1.807) is 24.5 Å². The van der Waals surface area contributed by atoms with Crippen molar-refractivity contribution in [1.82, 2.24) is 9.55 Å². The summed E-state index contributed by atoms with van der Waals surface area (Å²) < 4.78 is 21.4. The molecule has 3 aromatic rings. The molecular formula is C24H23ClFN3O4. The Morgan fingerprint density at radius 3 is 2.79 bits per heavy atom. The number of nitrogens with two attached hydrogens (primary N) is 1. The number of benzene rings is 1. The first-order chi connectivity index (χ1) is 15.3. The molecule has 0 saturated carbocycles. The normalized spacial score (nSPS) is 22.3. The smallest absolute Gasteiger partial charge is 0.343 e. The van der Waals surface area contributed by atoms with Gasteiger partial charge in [0.05, 0.1) is 29.0 Å². The third kappa shape index (κ3) is 2.65. The maximum Gasteiger partial charge on any atom is 0.343 e. The zero-order valence-corrected chi connectivity index (χ0v) is 19.0. The highest BCUT2D eigenvalue weighted by Gasteiger charge is 2.45. The molecule has 6 rings (SSSR count). The van der Waals surface area contributed by atoms with E-state index in [4.69, 9.17) is 15.5 Å². The van der Waals surface area contributed by atoms with Gasteiger partial charge in [-0.05, 0) is 48.9 Å². The standard InChI is InChI=1S/C24H22FN3O4.ClH/c1-3-24(31)14-6-18-21-12(8-28(18)22(29)13(14)9-32-23(24)30)19-16(26)5-4-11-10(2)15(25)7-17(27-21)20(11)19;/h6-7,16,31H,3-5,8-9,26H2,1-2H3;1H/t16?,24-;/m0./s1. The van der Waals surface area contributed by atoms with Crippen molar-refractivity contribution in [3.8, 4) is 11.4 Å². The molecule has 2 aromatic heterocycles. The van der Waals surface area contributed by atoms with Crippen LogP contribution in [0.1, 0.15) is 59.2 Å². The first kappa shape index (κ1) is 22.0. The number of aryl methyl sites for hydroxylation is 1. The van der Waals surface area contributed by atoms with Gasteiger partial charge in [-0.15, -0.1) is 12.4 Å². The van der Waals surface area contributed by atoms with E-state index in [0.717, 1.165) is 22.1 Å². The maximum absolute atomic E-state index is 14.7. The fourth-order valence-electron chi connectivity index (χ4n) is 5.59. The number of cyclic esters (lactones) is 1. The van der Waals surface area contributed by atoms with Crippen LogP contribution in [0.2, 0.25) is 0 Å². The first-order valence-corrected chi connectivity index (χ1v) is 10.8. The molecule has 172 valence electrons. The van der Waals surface area contributed by atoms with Crippen LogP contribution < -0.4 is 11.3 Å². The highest BCUT2D eigenvalue weighted by atomic mass is 35.5. The third-order valence-electron chi connectivity index (χ3n) is 7.42. The fraction of sp³-hybridized carbons (Fsp3) is 0.375. The molecule has 0 radical (unpaired) electrons. The number of halogens is 2. The lowest BCUT2D eigenvalue weighted by atomic mass is 9.82. The highest BCUT2D eigenvalue weighted by Crippen LogP contribution is 2.45. The van der Waals surface area contributed by atoms with E-state index in [-0.39, 0.29) is 60.5 Å². The van der Waals surface area contributed by atoms with Crippen LogP contribution in [0.15, 0.2) is 16.9 Å². The van der Waals surface area contributed by atoms with Crippen LogP contribution in [0.3, 0.4) is 0 Å². The average molecular weight is 472 g/mol. The Morgan fingerprint density at radius 1 is 1.30 bits per heavy atom. The van der Waals surface area contributed by atoms with Gasteiger partial charge in [0, 0.05) is 28.6 Å². The molecule has 0 amide bonds. The molecule has 0 fully saturated rings. The molecule has 1 unspecified atom stereocenters. The largest absolute Gasteiger partial charge is 0.458 e. The Labute approximate surface area is 194 Å². The molecule has 0 bridgehead atoms. The second-order valence-electron chi connectivity index (χ2n) is 8.96. The maximum atomic E-state index is 14.7.